The van der Waals surface area contributed by atoms with Crippen molar-refractivity contribution in [3.63, 3.8) is 0 Å². The van der Waals surface area contributed by atoms with E-state index in [0.29, 0.717) is 24.3 Å². The van der Waals surface area contributed by atoms with Gasteiger partial charge < -0.3 is 10.1 Å². The summed E-state index contributed by atoms with van der Waals surface area (Å²) in [6.07, 6.45) is 0.0196. The molecule has 12 heteroatoms. The molecule has 0 spiro atoms. The summed E-state index contributed by atoms with van der Waals surface area (Å²) in [6, 6.07) is 13.1. The van der Waals surface area contributed by atoms with Crippen LogP contribution in [-0.4, -0.2) is 65.7 Å². The number of nitrogens with one attached hydrogen (secondary N) is 2. The number of amidine groups is 1. The van der Waals surface area contributed by atoms with E-state index in [9.17, 15) is 21.6 Å². The van der Waals surface area contributed by atoms with Gasteiger partial charge in [0.1, 0.15) is 5.84 Å². The van der Waals surface area contributed by atoms with Crippen LogP contribution in [0.5, 0.6) is 0 Å². The summed E-state index contributed by atoms with van der Waals surface area (Å²) in [4.78, 5) is 16.9. The standard InChI is InChI=1S/C21H24N4O6S2/c26-20(9-10-22-21-17-6-2-4-8-19(17)32(27,28)24-21)23-15-16-5-1-3-7-18(16)33(29,30)25-11-13-31-14-12-25/h1-8H,9-15H2,(H,22,24)(H,23,26). The number of carbonyl (C=O) groups is 1. The van der Waals surface area contributed by atoms with Crippen molar-refractivity contribution in [1.82, 2.24) is 14.3 Å². The van der Waals surface area contributed by atoms with Crippen molar-refractivity contribution in [3.05, 3.63) is 59.7 Å². The highest BCUT2D eigenvalue weighted by Crippen LogP contribution is 2.23. The first-order chi connectivity index (χ1) is 15.8. The lowest BCUT2D eigenvalue weighted by Gasteiger charge is -2.27. The topological polar surface area (TPSA) is 134 Å². The van der Waals surface area contributed by atoms with E-state index in [1.54, 1.807) is 36.4 Å². The van der Waals surface area contributed by atoms with Crippen molar-refractivity contribution in [1.29, 1.82) is 0 Å². The molecule has 2 N–H and O–H groups in total. The third-order valence-electron chi connectivity index (χ3n) is 5.31. The molecule has 2 heterocycles. The van der Waals surface area contributed by atoms with Gasteiger partial charge in [0.05, 0.1) is 29.5 Å². The Hall–Kier alpha value is -2.80. The molecule has 0 radical (unpaired) electrons. The molecule has 0 bridgehead atoms. The lowest BCUT2D eigenvalue weighted by Crippen LogP contribution is -2.41. The van der Waals surface area contributed by atoms with Gasteiger partial charge in [-0.1, -0.05) is 30.3 Å². The Kier molecular flexibility index (Phi) is 6.79. The van der Waals surface area contributed by atoms with Gasteiger partial charge in [0.15, 0.2) is 0 Å². The van der Waals surface area contributed by atoms with Gasteiger partial charge in [0.2, 0.25) is 15.9 Å². The number of benzene rings is 2. The number of hydrogen-bond donors (Lipinski definition) is 2. The van der Waals surface area contributed by atoms with E-state index < -0.39 is 20.0 Å². The van der Waals surface area contributed by atoms with Crippen molar-refractivity contribution in [2.75, 3.05) is 32.8 Å². The number of morpholine rings is 1. The van der Waals surface area contributed by atoms with Crippen molar-refractivity contribution in [2.24, 2.45) is 4.99 Å². The van der Waals surface area contributed by atoms with Gasteiger partial charge in [-0.3, -0.25) is 14.5 Å². The molecule has 1 amide bonds. The zero-order valence-electron chi connectivity index (χ0n) is 17.7. The highest BCUT2D eigenvalue weighted by molar-refractivity contribution is 7.90. The molecule has 0 atom stereocenters. The lowest BCUT2D eigenvalue weighted by molar-refractivity contribution is -0.121. The van der Waals surface area contributed by atoms with Gasteiger partial charge in [-0.15, -0.1) is 0 Å². The fourth-order valence-electron chi connectivity index (χ4n) is 3.63. The van der Waals surface area contributed by atoms with Gasteiger partial charge >= 0.3 is 0 Å². The van der Waals surface area contributed by atoms with Crippen LogP contribution < -0.4 is 10.0 Å². The molecule has 0 saturated carbocycles. The molecular formula is C21H24N4O6S2. The van der Waals surface area contributed by atoms with Crippen LogP contribution in [0, 0.1) is 0 Å². The Morgan fingerprint density at radius 1 is 1.09 bits per heavy atom. The first kappa shape index (κ1) is 23.4. The molecule has 2 aliphatic rings. The van der Waals surface area contributed by atoms with Crippen LogP contribution in [0.4, 0.5) is 0 Å². The highest BCUT2D eigenvalue weighted by Gasteiger charge is 2.30. The maximum absolute atomic E-state index is 13.0. The number of hydrogen-bond acceptors (Lipinski definition) is 7. The second kappa shape index (κ2) is 9.59. The predicted octanol–water partition coefficient (Wildman–Crippen LogP) is 0.453. The molecular weight excluding hydrogens is 468 g/mol. The minimum absolute atomic E-state index is 0.0196. The van der Waals surface area contributed by atoms with Gasteiger partial charge in [0, 0.05) is 31.6 Å². The fourth-order valence-corrected chi connectivity index (χ4v) is 6.51. The Labute approximate surface area is 192 Å². The number of sulfonamides is 2. The van der Waals surface area contributed by atoms with E-state index in [2.05, 4.69) is 15.0 Å². The monoisotopic (exact) mass is 492 g/mol. The predicted molar refractivity (Wildman–Crippen MR) is 121 cm³/mol. The van der Waals surface area contributed by atoms with Gasteiger partial charge in [0.25, 0.3) is 10.0 Å². The minimum atomic E-state index is -3.69. The Morgan fingerprint density at radius 2 is 1.79 bits per heavy atom. The number of amides is 1. The van der Waals surface area contributed by atoms with Crippen LogP contribution in [0.3, 0.4) is 0 Å². The number of nitrogens with zero attached hydrogens (tertiary/aromatic N) is 2. The Bertz CT molecular complexity index is 1290. The van der Waals surface area contributed by atoms with E-state index >= 15 is 0 Å². The first-order valence-electron chi connectivity index (χ1n) is 10.4. The third kappa shape index (κ3) is 5.08. The van der Waals surface area contributed by atoms with E-state index in [1.807, 2.05) is 0 Å². The van der Waals surface area contributed by atoms with Crippen LogP contribution in [-0.2, 0) is 36.1 Å². The van der Waals surface area contributed by atoms with Crippen molar-refractivity contribution >= 4 is 31.8 Å². The summed E-state index contributed by atoms with van der Waals surface area (Å²) in [5.41, 5.74) is 0.960. The molecule has 1 fully saturated rings. The molecule has 0 aliphatic carbocycles. The lowest BCUT2D eigenvalue weighted by atomic mass is 10.2. The summed E-state index contributed by atoms with van der Waals surface area (Å²) in [5.74, 6) is -0.118. The molecule has 2 aromatic carbocycles. The van der Waals surface area contributed by atoms with Crippen LogP contribution in [0.15, 0.2) is 63.3 Å². The number of carbonyl (C=O) groups excluding carboxylic acids is 1. The highest BCUT2D eigenvalue weighted by atomic mass is 32.2. The molecule has 1 saturated heterocycles. The van der Waals surface area contributed by atoms with Crippen molar-refractivity contribution in [2.45, 2.75) is 22.8 Å². The van der Waals surface area contributed by atoms with Crippen LogP contribution >= 0.6 is 0 Å². The second-order valence-corrected chi connectivity index (χ2v) is 11.0. The molecule has 176 valence electrons. The number of aliphatic imine (C=N–C) groups is 1. The Morgan fingerprint density at radius 3 is 2.58 bits per heavy atom. The molecule has 2 aromatic rings. The van der Waals surface area contributed by atoms with Gasteiger partial charge in [-0.05, 0) is 23.8 Å². The molecule has 0 aromatic heterocycles. The van der Waals surface area contributed by atoms with Crippen molar-refractivity contribution in [3.8, 4) is 0 Å². The first-order valence-corrected chi connectivity index (χ1v) is 13.3. The van der Waals surface area contributed by atoms with Crippen LogP contribution in [0.2, 0.25) is 0 Å². The van der Waals surface area contributed by atoms with E-state index in [0.717, 1.165) is 0 Å². The van der Waals surface area contributed by atoms with Gasteiger partial charge in [-0.2, -0.15) is 4.31 Å². The summed E-state index contributed by atoms with van der Waals surface area (Å²) < 4.78 is 59.3. The quantitative estimate of drug-likeness (QED) is 0.577. The fraction of sp³-hybridized carbons (Fsp3) is 0.333. The van der Waals surface area contributed by atoms with E-state index in [-0.39, 0.29) is 54.1 Å². The van der Waals surface area contributed by atoms with E-state index in [1.165, 1.54) is 16.4 Å². The van der Waals surface area contributed by atoms with Crippen molar-refractivity contribution < 1.29 is 26.4 Å². The molecule has 10 nitrogen and oxygen atoms in total. The summed E-state index contributed by atoms with van der Waals surface area (Å²) >= 11 is 0. The molecule has 33 heavy (non-hydrogen) atoms. The summed E-state index contributed by atoms with van der Waals surface area (Å²) in [5, 5.41) is 2.72. The van der Waals surface area contributed by atoms with Crippen LogP contribution in [0.25, 0.3) is 0 Å². The smallest absolute Gasteiger partial charge is 0.263 e. The summed E-state index contributed by atoms with van der Waals surface area (Å²) in [7, 11) is -7.32. The third-order valence-corrected chi connectivity index (χ3v) is 8.70. The number of rotatable bonds is 7. The number of fused-ring (bicyclic) bond motifs is 1. The average Bonchev–Trinajstić information content (AvgIpc) is 3.08. The molecule has 2 aliphatic heterocycles. The summed E-state index contributed by atoms with van der Waals surface area (Å²) in [6.45, 7) is 1.39. The zero-order chi connectivity index (χ0) is 23.5. The maximum Gasteiger partial charge on any atom is 0.263 e. The van der Waals surface area contributed by atoms with Gasteiger partial charge in [-0.25, -0.2) is 16.8 Å². The average molecular weight is 493 g/mol. The number of ether oxygens (including phenoxy) is 1. The molecule has 0 unspecified atom stereocenters. The maximum atomic E-state index is 13.0. The Balaban J connectivity index is 1.37. The molecule has 4 rings (SSSR count). The SMILES string of the molecule is O=C(CCN=C1NS(=O)(=O)c2ccccc21)NCc1ccccc1S(=O)(=O)N1CCOCC1. The second-order valence-electron chi connectivity index (χ2n) is 7.48. The zero-order valence-corrected chi connectivity index (χ0v) is 19.4. The van der Waals surface area contributed by atoms with Crippen LogP contribution in [0.1, 0.15) is 17.5 Å². The normalized spacial score (nSPS) is 19.1. The minimum Gasteiger partial charge on any atom is -0.379 e. The largest absolute Gasteiger partial charge is 0.379 e. The van der Waals surface area contributed by atoms with E-state index in [4.69, 9.17) is 4.74 Å².